The van der Waals surface area contributed by atoms with Crippen LogP contribution >= 0.6 is 0 Å². The van der Waals surface area contributed by atoms with Crippen LogP contribution in [0.1, 0.15) is 5.69 Å². The smallest absolute Gasteiger partial charge is 0.245 e. The van der Waals surface area contributed by atoms with Gasteiger partial charge in [-0.25, -0.2) is 0 Å². The van der Waals surface area contributed by atoms with Crippen LogP contribution in [0.3, 0.4) is 0 Å². The zero-order valence-corrected chi connectivity index (χ0v) is 12.7. The third-order valence-electron chi connectivity index (χ3n) is 3.38. The zero-order valence-electron chi connectivity index (χ0n) is 12.7. The van der Waals surface area contributed by atoms with Crippen LogP contribution in [0.4, 0.5) is 5.82 Å². The van der Waals surface area contributed by atoms with Crippen molar-refractivity contribution < 1.29 is 4.79 Å². The van der Waals surface area contributed by atoms with Gasteiger partial charge in [0.25, 0.3) is 0 Å². The molecule has 2 N–H and O–H groups in total. The molecular weight excluding hydrogens is 278 g/mol. The number of hydrogen-bond acceptors (Lipinski definition) is 3. The largest absolute Gasteiger partial charge is 0.338 e. The molecule has 3 rings (SSSR count). The highest BCUT2D eigenvalue weighted by atomic mass is 16.2. The van der Waals surface area contributed by atoms with Gasteiger partial charge in [-0.15, -0.1) is 0 Å². The molecule has 0 fully saturated rings. The SMILES string of the molecule is CN(C)Cc1cc(NC(=O)Cn2ccc3ccccc32)n[nH]1. The van der Waals surface area contributed by atoms with Gasteiger partial charge in [0.1, 0.15) is 6.54 Å². The molecule has 0 unspecified atom stereocenters. The molecule has 0 radical (unpaired) electrons. The van der Waals surface area contributed by atoms with Crippen molar-refractivity contribution in [2.75, 3.05) is 19.4 Å². The fourth-order valence-electron chi connectivity index (χ4n) is 2.46. The van der Waals surface area contributed by atoms with E-state index in [0.717, 1.165) is 23.1 Å². The Labute approximate surface area is 128 Å². The van der Waals surface area contributed by atoms with Crippen LogP contribution in [0.25, 0.3) is 10.9 Å². The number of carbonyl (C=O) groups excluding carboxylic acids is 1. The number of nitrogens with zero attached hydrogens (tertiary/aromatic N) is 3. The van der Waals surface area contributed by atoms with Gasteiger partial charge in [0, 0.05) is 24.3 Å². The number of benzene rings is 1. The van der Waals surface area contributed by atoms with Crippen LogP contribution in [0.2, 0.25) is 0 Å². The monoisotopic (exact) mass is 297 g/mol. The van der Waals surface area contributed by atoms with Crippen molar-refractivity contribution in [3.05, 3.63) is 48.3 Å². The molecule has 0 spiro atoms. The molecule has 2 heterocycles. The minimum absolute atomic E-state index is 0.0933. The Kier molecular flexibility index (Phi) is 3.93. The molecule has 6 nitrogen and oxygen atoms in total. The molecule has 0 bridgehead atoms. The van der Waals surface area contributed by atoms with Gasteiger partial charge in [-0.1, -0.05) is 18.2 Å². The van der Waals surface area contributed by atoms with Gasteiger partial charge < -0.3 is 14.8 Å². The van der Waals surface area contributed by atoms with Gasteiger partial charge in [0.15, 0.2) is 5.82 Å². The maximum absolute atomic E-state index is 12.2. The third kappa shape index (κ3) is 3.17. The molecule has 22 heavy (non-hydrogen) atoms. The molecule has 0 aliphatic carbocycles. The summed E-state index contributed by atoms with van der Waals surface area (Å²) in [5.74, 6) is 0.461. The summed E-state index contributed by atoms with van der Waals surface area (Å²) >= 11 is 0. The third-order valence-corrected chi connectivity index (χ3v) is 3.38. The minimum Gasteiger partial charge on any atom is -0.338 e. The van der Waals surface area contributed by atoms with Crippen molar-refractivity contribution >= 4 is 22.6 Å². The quantitative estimate of drug-likeness (QED) is 0.757. The first kappa shape index (κ1) is 14.3. The van der Waals surface area contributed by atoms with Crippen LogP contribution in [0.15, 0.2) is 42.6 Å². The summed E-state index contributed by atoms with van der Waals surface area (Å²) in [6.45, 7) is 1.02. The van der Waals surface area contributed by atoms with Crippen LogP contribution < -0.4 is 5.32 Å². The topological polar surface area (TPSA) is 66.0 Å². The maximum atomic E-state index is 12.2. The number of aromatic nitrogens is 3. The van der Waals surface area contributed by atoms with Crippen LogP contribution in [-0.4, -0.2) is 39.7 Å². The molecule has 6 heteroatoms. The summed E-state index contributed by atoms with van der Waals surface area (Å²) in [6, 6.07) is 11.9. The van der Waals surface area contributed by atoms with Crippen LogP contribution in [0.5, 0.6) is 0 Å². The number of carbonyl (C=O) groups is 1. The molecule has 1 amide bonds. The second-order valence-electron chi connectivity index (χ2n) is 5.57. The lowest BCUT2D eigenvalue weighted by Crippen LogP contribution is -2.18. The lowest BCUT2D eigenvalue weighted by molar-refractivity contribution is -0.116. The van der Waals surface area contributed by atoms with E-state index in [2.05, 4.69) is 15.5 Å². The summed E-state index contributed by atoms with van der Waals surface area (Å²) in [4.78, 5) is 14.2. The van der Waals surface area contributed by atoms with E-state index in [4.69, 9.17) is 0 Å². The van der Waals surface area contributed by atoms with E-state index in [1.54, 1.807) is 0 Å². The van der Waals surface area contributed by atoms with Gasteiger partial charge in [-0.05, 0) is 31.6 Å². The second kappa shape index (κ2) is 6.03. The number of para-hydroxylation sites is 1. The number of aromatic amines is 1. The van der Waals surface area contributed by atoms with E-state index in [-0.39, 0.29) is 12.5 Å². The highest BCUT2D eigenvalue weighted by molar-refractivity contribution is 5.91. The van der Waals surface area contributed by atoms with Crippen LogP contribution in [0, 0.1) is 0 Å². The fourth-order valence-corrected chi connectivity index (χ4v) is 2.46. The lowest BCUT2D eigenvalue weighted by Gasteiger charge is -2.06. The summed E-state index contributed by atoms with van der Waals surface area (Å²) < 4.78 is 1.93. The molecule has 0 aliphatic rings. The summed E-state index contributed by atoms with van der Waals surface area (Å²) in [7, 11) is 3.96. The number of hydrogen-bond donors (Lipinski definition) is 2. The van der Waals surface area contributed by atoms with Crippen molar-refractivity contribution in [2.45, 2.75) is 13.1 Å². The zero-order chi connectivity index (χ0) is 15.5. The molecule has 1 aromatic carbocycles. The number of nitrogens with one attached hydrogen (secondary N) is 2. The summed E-state index contributed by atoms with van der Waals surface area (Å²) in [6.07, 6.45) is 1.92. The Morgan fingerprint density at radius 2 is 2.14 bits per heavy atom. The van der Waals surface area contributed by atoms with Crippen molar-refractivity contribution in [1.29, 1.82) is 0 Å². The van der Waals surface area contributed by atoms with Gasteiger partial charge in [-0.3, -0.25) is 9.89 Å². The predicted molar refractivity (Wildman–Crippen MR) is 86.5 cm³/mol. The molecule has 0 saturated heterocycles. The summed E-state index contributed by atoms with van der Waals surface area (Å²) in [5.41, 5.74) is 2.01. The molecule has 0 atom stereocenters. The number of amides is 1. The van der Waals surface area contributed by atoms with E-state index in [1.807, 2.05) is 66.2 Å². The van der Waals surface area contributed by atoms with E-state index in [1.165, 1.54) is 0 Å². The van der Waals surface area contributed by atoms with E-state index >= 15 is 0 Å². The van der Waals surface area contributed by atoms with E-state index in [9.17, 15) is 4.79 Å². The van der Waals surface area contributed by atoms with Crippen molar-refractivity contribution in [3.63, 3.8) is 0 Å². The molecule has 114 valence electrons. The van der Waals surface area contributed by atoms with Crippen molar-refractivity contribution in [1.82, 2.24) is 19.7 Å². The Balaban J connectivity index is 1.66. The average Bonchev–Trinajstić information content (AvgIpc) is 3.06. The minimum atomic E-state index is -0.0933. The summed E-state index contributed by atoms with van der Waals surface area (Å²) in [5, 5.41) is 11.0. The molecule has 3 aromatic rings. The van der Waals surface area contributed by atoms with Gasteiger partial charge in [0.2, 0.25) is 5.91 Å². The maximum Gasteiger partial charge on any atom is 0.245 e. The number of anilines is 1. The molecule has 0 aliphatic heterocycles. The van der Waals surface area contributed by atoms with Crippen molar-refractivity contribution in [2.24, 2.45) is 0 Å². The molecular formula is C16H19N5O. The number of rotatable bonds is 5. The Hall–Kier alpha value is -2.60. The first-order valence-corrected chi connectivity index (χ1v) is 7.14. The Bertz CT molecular complexity index is 787. The molecule has 2 aromatic heterocycles. The van der Waals surface area contributed by atoms with E-state index in [0.29, 0.717) is 5.82 Å². The van der Waals surface area contributed by atoms with Crippen LogP contribution in [-0.2, 0) is 17.9 Å². The Morgan fingerprint density at radius 3 is 2.95 bits per heavy atom. The normalized spacial score (nSPS) is 11.2. The highest BCUT2D eigenvalue weighted by Gasteiger charge is 2.09. The highest BCUT2D eigenvalue weighted by Crippen LogP contribution is 2.15. The van der Waals surface area contributed by atoms with Gasteiger partial charge >= 0.3 is 0 Å². The standard InChI is InChI=1S/C16H19N5O/c1-20(2)10-13-9-15(19-18-13)17-16(22)11-21-8-7-12-5-3-4-6-14(12)21/h3-9H,10-11H2,1-2H3,(H2,17,18,19,22). The average molecular weight is 297 g/mol. The lowest BCUT2D eigenvalue weighted by atomic mass is 10.2. The first-order valence-electron chi connectivity index (χ1n) is 7.14. The molecule has 0 saturated carbocycles. The van der Waals surface area contributed by atoms with E-state index < -0.39 is 0 Å². The second-order valence-corrected chi connectivity index (χ2v) is 5.57. The van der Waals surface area contributed by atoms with Gasteiger partial charge in [-0.2, -0.15) is 5.10 Å². The first-order chi connectivity index (χ1) is 10.6. The Morgan fingerprint density at radius 1 is 1.32 bits per heavy atom. The number of fused-ring (bicyclic) bond motifs is 1. The van der Waals surface area contributed by atoms with Crippen molar-refractivity contribution in [3.8, 4) is 0 Å². The fraction of sp³-hybridized carbons (Fsp3) is 0.250. The van der Waals surface area contributed by atoms with Gasteiger partial charge in [0.05, 0.1) is 5.69 Å². The predicted octanol–water partition coefficient (Wildman–Crippen LogP) is 2.06. The number of H-pyrrole nitrogens is 1.